The molecule has 0 unspecified atom stereocenters. The molecule has 0 amide bonds. The maximum Gasteiger partial charge on any atom is 0.342 e. The van der Waals surface area contributed by atoms with Crippen LogP contribution >= 0.6 is 0 Å². The van der Waals surface area contributed by atoms with E-state index in [0.29, 0.717) is 41.3 Å². The monoisotopic (exact) mass is 274 g/mol. The van der Waals surface area contributed by atoms with Gasteiger partial charge in [-0.3, -0.25) is 0 Å². The van der Waals surface area contributed by atoms with E-state index in [9.17, 15) is 4.79 Å². The van der Waals surface area contributed by atoms with Crippen molar-refractivity contribution >= 4 is 16.9 Å². The van der Waals surface area contributed by atoms with Gasteiger partial charge in [0, 0.05) is 5.39 Å². The van der Waals surface area contributed by atoms with Crippen molar-refractivity contribution in [2.75, 3.05) is 13.2 Å². The third-order valence-electron chi connectivity index (χ3n) is 2.80. The maximum atomic E-state index is 12.0. The number of hydrogen-bond donors (Lipinski definition) is 0. The van der Waals surface area contributed by atoms with Crippen LogP contribution in [0.1, 0.15) is 30.0 Å². The number of aryl methyl sites for hydroxylation is 1. The number of benzene rings is 1. The summed E-state index contributed by atoms with van der Waals surface area (Å²) in [5.74, 6) is 0.850. The van der Waals surface area contributed by atoms with Crippen molar-refractivity contribution in [1.29, 1.82) is 0 Å². The average Bonchev–Trinajstić information content (AvgIpc) is 2.71. The lowest BCUT2D eigenvalue weighted by Gasteiger charge is -2.06. The van der Waals surface area contributed by atoms with Crippen molar-refractivity contribution in [1.82, 2.24) is 0 Å². The maximum absolute atomic E-state index is 12.0. The summed E-state index contributed by atoms with van der Waals surface area (Å²) in [5, 5.41) is 0.708. The lowest BCUT2D eigenvalue weighted by Crippen LogP contribution is -2.05. The minimum Gasteiger partial charge on any atom is -0.489 e. The molecule has 1 aromatic carbocycles. The summed E-state index contributed by atoms with van der Waals surface area (Å²) >= 11 is 0. The Morgan fingerprint density at radius 1 is 1.40 bits per heavy atom. The van der Waals surface area contributed by atoms with E-state index < -0.39 is 0 Å². The van der Waals surface area contributed by atoms with Crippen molar-refractivity contribution in [3.8, 4) is 5.75 Å². The molecule has 0 bridgehead atoms. The molecule has 0 saturated heterocycles. The summed E-state index contributed by atoms with van der Waals surface area (Å²) in [5.41, 5.74) is 2.04. The van der Waals surface area contributed by atoms with Crippen LogP contribution in [-0.2, 0) is 4.74 Å². The van der Waals surface area contributed by atoms with E-state index in [-0.39, 0.29) is 5.97 Å². The Hall–Kier alpha value is -2.23. The smallest absolute Gasteiger partial charge is 0.342 e. The van der Waals surface area contributed by atoms with Gasteiger partial charge in [-0.2, -0.15) is 0 Å². The minimum atomic E-state index is -0.374. The zero-order valence-corrected chi connectivity index (χ0v) is 12.0. The Balaban J connectivity index is 2.41. The van der Waals surface area contributed by atoms with Crippen LogP contribution in [0.25, 0.3) is 11.0 Å². The molecule has 0 aliphatic rings. The number of furan rings is 1. The summed E-state index contributed by atoms with van der Waals surface area (Å²) < 4.78 is 16.2. The number of carbonyl (C=O) groups is 1. The first kappa shape index (κ1) is 14.2. The molecule has 0 saturated carbocycles. The van der Waals surface area contributed by atoms with E-state index in [1.54, 1.807) is 26.0 Å². The second-order valence-electron chi connectivity index (χ2n) is 4.66. The molecule has 0 aliphatic carbocycles. The van der Waals surface area contributed by atoms with Crippen LogP contribution in [0.2, 0.25) is 0 Å². The van der Waals surface area contributed by atoms with Gasteiger partial charge in [0.2, 0.25) is 0 Å². The van der Waals surface area contributed by atoms with Crippen LogP contribution in [0.4, 0.5) is 0 Å². The molecule has 0 fully saturated rings. The molecular formula is C16H18O4. The molecule has 4 nitrogen and oxygen atoms in total. The van der Waals surface area contributed by atoms with Crippen LogP contribution < -0.4 is 4.74 Å². The van der Waals surface area contributed by atoms with E-state index in [0.717, 1.165) is 5.57 Å². The standard InChI is InChI=1S/C16H18O4/c1-5-18-16(17)15-11(4)20-14-7-6-12(8-13(14)15)19-9-10(2)3/h6-8H,2,5,9H2,1,3-4H3. The number of carbonyl (C=O) groups excluding carboxylic acids is 1. The van der Waals surface area contributed by atoms with Gasteiger partial charge in [-0.1, -0.05) is 6.58 Å². The van der Waals surface area contributed by atoms with Gasteiger partial charge in [0.15, 0.2) is 0 Å². The summed E-state index contributed by atoms with van der Waals surface area (Å²) in [6.45, 7) is 9.98. The molecule has 1 heterocycles. The predicted octanol–water partition coefficient (Wildman–Crippen LogP) is 3.87. The molecule has 0 aliphatic heterocycles. The fraction of sp³-hybridized carbons (Fsp3) is 0.312. The van der Waals surface area contributed by atoms with Crippen molar-refractivity contribution in [2.45, 2.75) is 20.8 Å². The topological polar surface area (TPSA) is 48.7 Å². The van der Waals surface area contributed by atoms with Crippen molar-refractivity contribution < 1.29 is 18.7 Å². The zero-order chi connectivity index (χ0) is 14.7. The van der Waals surface area contributed by atoms with Crippen molar-refractivity contribution in [3.63, 3.8) is 0 Å². The van der Waals surface area contributed by atoms with E-state index in [1.165, 1.54) is 0 Å². The van der Waals surface area contributed by atoms with Crippen LogP contribution in [-0.4, -0.2) is 19.2 Å². The van der Waals surface area contributed by atoms with Crippen LogP contribution in [0.5, 0.6) is 5.75 Å². The van der Waals surface area contributed by atoms with Crippen LogP contribution in [0.3, 0.4) is 0 Å². The summed E-state index contributed by atoms with van der Waals surface area (Å²) in [6.07, 6.45) is 0. The Morgan fingerprint density at radius 3 is 2.80 bits per heavy atom. The van der Waals surface area contributed by atoms with E-state index in [1.807, 2.05) is 13.0 Å². The molecule has 0 N–H and O–H groups in total. The van der Waals surface area contributed by atoms with Gasteiger partial charge in [0.1, 0.15) is 29.3 Å². The number of rotatable bonds is 5. The molecule has 20 heavy (non-hydrogen) atoms. The van der Waals surface area contributed by atoms with Crippen LogP contribution in [0.15, 0.2) is 34.8 Å². The number of esters is 1. The van der Waals surface area contributed by atoms with Gasteiger partial charge in [-0.05, 0) is 44.5 Å². The lowest BCUT2D eigenvalue weighted by atomic mass is 10.1. The molecular weight excluding hydrogens is 256 g/mol. The third-order valence-corrected chi connectivity index (χ3v) is 2.80. The predicted molar refractivity (Wildman–Crippen MR) is 77.2 cm³/mol. The highest BCUT2D eigenvalue weighted by Gasteiger charge is 2.19. The molecule has 0 atom stereocenters. The number of ether oxygens (including phenoxy) is 2. The third kappa shape index (κ3) is 2.85. The van der Waals surface area contributed by atoms with E-state index in [2.05, 4.69) is 6.58 Å². The van der Waals surface area contributed by atoms with Crippen molar-refractivity contribution in [2.24, 2.45) is 0 Å². The second-order valence-corrected chi connectivity index (χ2v) is 4.66. The fourth-order valence-electron chi connectivity index (χ4n) is 1.95. The summed E-state index contributed by atoms with van der Waals surface area (Å²) in [4.78, 5) is 12.0. The van der Waals surface area contributed by atoms with Gasteiger partial charge >= 0.3 is 5.97 Å². The first-order valence-corrected chi connectivity index (χ1v) is 6.50. The normalized spacial score (nSPS) is 10.6. The molecule has 1 aromatic heterocycles. The summed E-state index contributed by atoms with van der Waals surface area (Å²) in [6, 6.07) is 5.39. The minimum absolute atomic E-state index is 0.330. The molecule has 0 radical (unpaired) electrons. The van der Waals surface area contributed by atoms with E-state index >= 15 is 0 Å². The summed E-state index contributed by atoms with van der Waals surface area (Å²) in [7, 11) is 0. The quantitative estimate of drug-likeness (QED) is 0.613. The fourth-order valence-corrected chi connectivity index (χ4v) is 1.95. The Bertz CT molecular complexity index is 652. The highest BCUT2D eigenvalue weighted by Crippen LogP contribution is 2.29. The highest BCUT2D eigenvalue weighted by atomic mass is 16.5. The second kappa shape index (κ2) is 5.82. The SMILES string of the molecule is C=C(C)COc1ccc2oc(C)c(C(=O)OCC)c2c1. The van der Waals surface area contributed by atoms with Gasteiger partial charge in [0.25, 0.3) is 0 Å². The molecule has 0 spiro atoms. The van der Waals surface area contributed by atoms with Crippen molar-refractivity contribution in [3.05, 3.63) is 41.7 Å². The molecule has 2 aromatic rings. The Morgan fingerprint density at radius 2 is 2.15 bits per heavy atom. The largest absolute Gasteiger partial charge is 0.489 e. The van der Waals surface area contributed by atoms with Crippen LogP contribution in [0, 0.1) is 6.92 Å². The van der Waals surface area contributed by atoms with Gasteiger partial charge in [-0.25, -0.2) is 4.79 Å². The average molecular weight is 274 g/mol. The first-order valence-electron chi connectivity index (χ1n) is 6.50. The number of hydrogen-bond acceptors (Lipinski definition) is 4. The Kier molecular flexibility index (Phi) is 4.13. The molecule has 106 valence electrons. The molecule has 2 rings (SSSR count). The Labute approximate surface area is 118 Å². The van der Waals surface area contributed by atoms with Gasteiger partial charge in [-0.15, -0.1) is 0 Å². The van der Waals surface area contributed by atoms with Gasteiger partial charge < -0.3 is 13.9 Å². The molecule has 4 heteroatoms. The van der Waals surface area contributed by atoms with E-state index in [4.69, 9.17) is 13.9 Å². The highest BCUT2D eigenvalue weighted by molar-refractivity contribution is 6.04. The van der Waals surface area contributed by atoms with Gasteiger partial charge in [0.05, 0.1) is 6.61 Å². The zero-order valence-electron chi connectivity index (χ0n) is 12.0. The first-order chi connectivity index (χ1) is 9.52. The lowest BCUT2D eigenvalue weighted by molar-refractivity contribution is 0.0526. The number of fused-ring (bicyclic) bond motifs is 1.